The second kappa shape index (κ2) is 6.07. The van der Waals surface area contributed by atoms with Crippen molar-refractivity contribution in [1.82, 2.24) is 4.72 Å². The van der Waals surface area contributed by atoms with Crippen LogP contribution in [0.3, 0.4) is 0 Å². The Morgan fingerprint density at radius 3 is 2.25 bits per heavy atom. The molecule has 106 valence electrons. The van der Waals surface area contributed by atoms with Gasteiger partial charge in [0.15, 0.2) is 0 Å². The Balaban J connectivity index is 2.24. The average Bonchev–Trinajstić information content (AvgIpc) is 2.39. The predicted molar refractivity (Wildman–Crippen MR) is 78.4 cm³/mol. The maximum absolute atomic E-state index is 12.1. The topological polar surface area (TPSA) is 55.4 Å². The highest BCUT2D eigenvalue weighted by molar-refractivity contribution is 7.89. The van der Waals surface area contributed by atoms with Gasteiger partial charge in [0, 0.05) is 12.1 Å². The number of para-hydroxylation sites is 1. The Bertz CT molecular complexity index is 667. The number of rotatable bonds is 5. The van der Waals surface area contributed by atoms with Gasteiger partial charge in [-0.05, 0) is 38.1 Å². The van der Waals surface area contributed by atoms with E-state index in [2.05, 4.69) is 4.72 Å². The smallest absolute Gasteiger partial charge is 0.240 e. The Hall–Kier alpha value is -1.85. The number of benzene rings is 2. The van der Waals surface area contributed by atoms with Crippen molar-refractivity contribution in [3.63, 3.8) is 0 Å². The van der Waals surface area contributed by atoms with E-state index in [-0.39, 0.29) is 10.9 Å². The molecular formula is C15H17NO3S. The van der Waals surface area contributed by atoms with Gasteiger partial charge in [-0.15, -0.1) is 0 Å². The van der Waals surface area contributed by atoms with Gasteiger partial charge in [-0.2, -0.15) is 0 Å². The lowest BCUT2D eigenvalue weighted by Gasteiger charge is -2.11. The third kappa shape index (κ3) is 3.82. The highest BCUT2D eigenvalue weighted by atomic mass is 32.2. The van der Waals surface area contributed by atoms with Gasteiger partial charge < -0.3 is 4.74 Å². The summed E-state index contributed by atoms with van der Waals surface area (Å²) in [5, 5.41) is 0. The lowest BCUT2D eigenvalue weighted by molar-refractivity contribution is 0.480. The first kappa shape index (κ1) is 14.6. The van der Waals surface area contributed by atoms with E-state index in [1.807, 2.05) is 30.3 Å². The normalized spacial score (nSPS) is 11.6. The molecule has 0 aliphatic carbocycles. The zero-order valence-electron chi connectivity index (χ0n) is 11.4. The molecule has 2 rings (SSSR count). The molecular weight excluding hydrogens is 274 g/mol. The zero-order valence-corrected chi connectivity index (χ0v) is 12.2. The van der Waals surface area contributed by atoms with E-state index in [0.29, 0.717) is 11.5 Å². The van der Waals surface area contributed by atoms with Crippen molar-refractivity contribution in [2.24, 2.45) is 0 Å². The van der Waals surface area contributed by atoms with Crippen LogP contribution in [0.5, 0.6) is 11.5 Å². The molecule has 20 heavy (non-hydrogen) atoms. The molecule has 0 spiro atoms. The molecule has 0 heterocycles. The second-order valence-electron chi connectivity index (χ2n) is 4.67. The second-order valence-corrected chi connectivity index (χ2v) is 6.38. The molecule has 1 N–H and O–H groups in total. The van der Waals surface area contributed by atoms with Crippen LogP contribution in [0.15, 0.2) is 59.5 Å². The fourth-order valence-electron chi connectivity index (χ4n) is 1.71. The van der Waals surface area contributed by atoms with E-state index in [1.54, 1.807) is 32.0 Å². The van der Waals surface area contributed by atoms with Crippen molar-refractivity contribution in [2.45, 2.75) is 24.8 Å². The molecule has 0 atom stereocenters. The maximum atomic E-state index is 12.1. The van der Waals surface area contributed by atoms with Crippen molar-refractivity contribution in [3.8, 4) is 11.5 Å². The minimum atomic E-state index is -3.50. The molecule has 0 bridgehead atoms. The van der Waals surface area contributed by atoms with Gasteiger partial charge in [0.25, 0.3) is 0 Å². The van der Waals surface area contributed by atoms with Crippen LogP contribution in [0.2, 0.25) is 0 Å². The molecule has 0 unspecified atom stereocenters. The van der Waals surface area contributed by atoms with Crippen LogP contribution in [-0.4, -0.2) is 14.5 Å². The van der Waals surface area contributed by atoms with Crippen LogP contribution in [0, 0.1) is 0 Å². The van der Waals surface area contributed by atoms with E-state index >= 15 is 0 Å². The number of ether oxygens (including phenoxy) is 1. The highest BCUT2D eigenvalue weighted by Gasteiger charge is 2.15. The van der Waals surface area contributed by atoms with E-state index in [0.717, 1.165) is 0 Å². The van der Waals surface area contributed by atoms with Crippen molar-refractivity contribution >= 4 is 10.0 Å². The summed E-state index contributed by atoms with van der Waals surface area (Å²) < 4.78 is 32.3. The lowest BCUT2D eigenvalue weighted by atomic mass is 10.3. The molecule has 0 aliphatic rings. The Morgan fingerprint density at radius 2 is 1.60 bits per heavy atom. The van der Waals surface area contributed by atoms with Gasteiger partial charge in [0.2, 0.25) is 10.0 Å². The number of sulfonamides is 1. The Labute approximate surface area is 119 Å². The first-order valence-electron chi connectivity index (χ1n) is 6.33. The summed E-state index contributed by atoms with van der Waals surface area (Å²) in [6, 6.07) is 15.5. The standard InChI is InChI=1S/C15H17NO3S/c1-12(2)16-20(17,18)15-10-6-9-14(11-15)19-13-7-4-3-5-8-13/h3-12,16H,1-2H3. The molecule has 0 radical (unpaired) electrons. The van der Waals surface area contributed by atoms with Crippen LogP contribution in [0.4, 0.5) is 0 Å². The summed E-state index contributed by atoms with van der Waals surface area (Å²) in [6.07, 6.45) is 0. The van der Waals surface area contributed by atoms with Crippen LogP contribution >= 0.6 is 0 Å². The largest absolute Gasteiger partial charge is 0.457 e. The van der Waals surface area contributed by atoms with Crippen LogP contribution in [0.25, 0.3) is 0 Å². The fraction of sp³-hybridized carbons (Fsp3) is 0.200. The third-order valence-electron chi connectivity index (χ3n) is 2.49. The van der Waals surface area contributed by atoms with E-state index in [1.165, 1.54) is 6.07 Å². The van der Waals surface area contributed by atoms with Crippen molar-refractivity contribution in [1.29, 1.82) is 0 Å². The zero-order chi connectivity index (χ0) is 14.6. The number of nitrogens with one attached hydrogen (secondary N) is 1. The maximum Gasteiger partial charge on any atom is 0.240 e. The Morgan fingerprint density at radius 1 is 0.950 bits per heavy atom. The van der Waals surface area contributed by atoms with E-state index in [4.69, 9.17) is 4.74 Å². The molecule has 2 aromatic carbocycles. The first-order chi connectivity index (χ1) is 9.47. The van der Waals surface area contributed by atoms with Gasteiger partial charge in [0.05, 0.1) is 4.90 Å². The molecule has 2 aromatic rings. The van der Waals surface area contributed by atoms with E-state index in [9.17, 15) is 8.42 Å². The molecule has 4 nitrogen and oxygen atoms in total. The summed E-state index contributed by atoms with van der Waals surface area (Å²) in [5.41, 5.74) is 0. The van der Waals surface area contributed by atoms with Crippen LogP contribution in [0.1, 0.15) is 13.8 Å². The number of hydrogen-bond acceptors (Lipinski definition) is 3. The minimum absolute atomic E-state index is 0.154. The Kier molecular flexibility index (Phi) is 4.42. The monoisotopic (exact) mass is 291 g/mol. The molecule has 5 heteroatoms. The van der Waals surface area contributed by atoms with Gasteiger partial charge >= 0.3 is 0 Å². The molecule has 0 amide bonds. The highest BCUT2D eigenvalue weighted by Crippen LogP contribution is 2.23. The summed E-state index contributed by atoms with van der Waals surface area (Å²) >= 11 is 0. The van der Waals surface area contributed by atoms with Gasteiger partial charge in [-0.1, -0.05) is 24.3 Å². The predicted octanol–water partition coefficient (Wildman–Crippen LogP) is 3.17. The summed E-state index contributed by atoms with van der Waals surface area (Å²) in [7, 11) is -3.50. The van der Waals surface area contributed by atoms with Crippen molar-refractivity contribution in [3.05, 3.63) is 54.6 Å². The van der Waals surface area contributed by atoms with Gasteiger partial charge in [-0.3, -0.25) is 0 Å². The van der Waals surface area contributed by atoms with Crippen LogP contribution in [-0.2, 0) is 10.0 Å². The minimum Gasteiger partial charge on any atom is -0.457 e. The molecule has 0 fully saturated rings. The molecule has 0 aromatic heterocycles. The molecule has 0 saturated heterocycles. The quantitative estimate of drug-likeness (QED) is 0.920. The fourth-order valence-corrected chi connectivity index (χ4v) is 2.99. The molecule has 0 saturated carbocycles. The SMILES string of the molecule is CC(C)NS(=O)(=O)c1cccc(Oc2ccccc2)c1. The molecule has 0 aliphatic heterocycles. The lowest BCUT2D eigenvalue weighted by Crippen LogP contribution is -2.30. The van der Waals surface area contributed by atoms with Crippen LogP contribution < -0.4 is 9.46 Å². The van der Waals surface area contributed by atoms with Gasteiger partial charge in [0.1, 0.15) is 11.5 Å². The first-order valence-corrected chi connectivity index (χ1v) is 7.81. The van der Waals surface area contributed by atoms with E-state index < -0.39 is 10.0 Å². The van der Waals surface area contributed by atoms with Crippen molar-refractivity contribution < 1.29 is 13.2 Å². The average molecular weight is 291 g/mol. The number of hydrogen-bond donors (Lipinski definition) is 1. The van der Waals surface area contributed by atoms with Gasteiger partial charge in [-0.25, -0.2) is 13.1 Å². The summed E-state index contributed by atoms with van der Waals surface area (Å²) in [5.74, 6) is 1.15. The third-order valence-corrected chi connectivity index (χ3v) is 4.14. The summed E-state index contributed by atoms with van der Waals surface area (Å²) in [6.45, 7) is 3.56. The van der Waals surface area contributed by atoms with Crippen molar-refractivity contribution in [2.75, 3.05) is 0 Å². The summed E-state index contributed by atoms with van der Waals surface area (Å²) in [4.78, 5) is 0.194.